The predicted molar refractivity (Wildman–Crippen MR) is 79.6 cm³/mol. The highest BCUT2D eigenvalue weighted by Crippen LogP contribution is 2.19. The predicted octanol–water partition coefficient (Wildman–Crippen LogP) is 2.72. The number of ether oxygens (including phenoxy) is 1. The van der Waals surface area contributed by atoms with Crippen LogP contribution in [0.1, 0.15) is 18.0 Å². The average Bonchev–Trinajstić information content (AvgIpc) is 2.48. The van der Waals surface area contributed by atoms with E-state index < -0.39 is 0 Å². The first-order chi connectivity index (χ1) is 9.69. The molecule has 0 fully saturated rings. The van der Waals surface area contributed by atoms with Crippen molar-refractivity contribution in [2.24, 2.45) is 5.73 Å². The molecule has 0 aromatic heterocycles. The summed E-state index contributed by atoms with van der Waals surface area (Å²) in [5.41, 5.74) is 7.73. The van der Waals surface area contributed by atoms with Crippen LogP contribution < -0.4 is 15.8 Å². The van der Waals surface area contributed by atoms with Crippen molar-refractivity contribution in [1.29, 1.82) is 0 Å². The van der Waals surface area contributed by atoms with E-state index >= 15 is 0 Å². The number of para-hydroxylation sites is 1. The Kier molecular flexibility index (Phi) is 4.74. The Balaban J connectivity index is 1.93. The van der Waals surface area contributed by atoms with Gasteiger partial charge in [0, 0.05) is 18.2 Å². The van der Waals surface area contributed by atoms with E-state index in [9.17, 15) is 4.79 Å². The second-order valence-corrected chi connectivity index (χ2v) is 4.50. The second-order valence-electron chi connectivity index (χ2n) is 4.50. The number of methoxy groups -OCH3 is 1. The average molecular weight is 270 g/mol. The third kappa shape index (κ3) is 3.83. The van der Waals surface area contributed by atoms with Crippen LogP contribution in [-0.4, -0.2) is 13.0 Å². The van der Waals surface area contributed by atoms with Gasteiger partial charge in [-0.15, -0.1) is 0 Å². The second kappa shape index (κ2) is 6.73. The molecular formula is C16H18N2O2. The molecule has 4 heteroatoms. The molecule has 2 aromatic carbocycles. The third-order valence-electron chi connectivity index (χ3n) is 3.01. The van der Waals surface area contributed by atoms with Crippen molar-refractivity contribution in [3.8, 4) is 5.75 Å². The maximum atomic E-state index is 11.9. The van der Waals surface area contributed by atoms with Gasteiger partial charge in [-0.25, -0.2) is 0 Å². The molecule has 0 aliphatic heterocycles. The van der Waals surface area contributed by atoms with E-state index in [1.54, 1.807) is 7.11 Å². The Morgan fingerprint density at radius 1 is 1.15 bits per heavy atom. The molecule has 0 spiro atoms. The summed E-state index contributed by atoms with van der Waals surface area (Å²) < 4.78 is 5.09. The first-order valence-electron chi connectivity index (χ1n) is 6.43. The lowest BCUT2D eigenvalue weighted by molar-refractivity contribution is -0.116. The fourth-order valence-corrected chi connectivity index (χ4v) is 1.90. The summed E-state index contributed by atoms with van der Waals surface area (Å²) >= 11 is 0. The van der Waals surface area contributed by atoms with Gasteiger partial charge in [0.1, 0.15) is 5.75 Å². The van der Waals surface area contributed by atoms with Crippen molar-refractivity contribution in [2.45, 2.75) is 12.5 Å². The molecule has 1 unspecified atom stereocenters. The van der Waals surface area contributed by atoms with Crippen LogP contribution in [0.15, 0.2) is 54.6 Å². The molecule has 20 heavy (non-hydrogen) atoms. The molecule has 0 aliphatic carbocycles. The largest absolute Gasteiger partial charge is 0.497 e. The molecule has 3 N–H and O–H groups in total. The third-order valence-corrected chi connectivity index (χ3v) is 3.01. The van der Waals surface area contributed by atoms with Crippen molar-refractivity contribution >= 4 is 11.6 Å². The maximum absolute atomic E-state index is 11.9. The van der Waals surface area contributed by atoms with Crippen LogP contribution in [0.5, 0.6) is 5.75 Å². The summed E-state index contributed by atoms with van der Waals surface area (Å²) in [7, 11) is 1.61. The monoisotopic (exact) mass is 270 g/mol. The zero-order chi connectivity index (χ0) is 14.4. The van der Waals surface area contributed by atoms with Crippen molar-refractivity contribution in [2.75, 3.05) is 12.4 Å². The first-order valence-corrected chi connectivity index (χ1v) is 6.43. The molecule has 2 aromatic rings. The number of hydrogen-bond donors (Lipinski definition) is 2. The molecule has 0 bridgehead atoms. The highest BCUT2D eigenvalue weighted by molar-refractivity contribution is 5.91. The lowest BCUT2D eigenvalue weighted by atomic mass is 10.0. The van der Waals surface area contributed by atoms with E-state index in [2.05, 4.69) is 5.32 Å². The first kappa shape index (κ1) is 14.1. The fraction of sp³-hybridized carbons (Fsp3) is 0.188. The van der Waals surface area contributed by atoms with E-state index in [1.807, 2.05) is 54.6 Å². The normalized spacial score (nSPS) is 11.7. The summed E-state index contributed by atoms with van der Waals surface area (Å²) in [5, 5.41) is 2.82. The van der Waals surface area contributed by atoms with E-state index in [-0.39, 0.29) is 18.4 Å². The fourth-order valence-electron chi connectivity index (χ4n) is 1.90. The summed E-state index contributed by atoms with van der Waals surface area (Å²) in [6, 6.07) is 16.4. The standard InChI is InChI=1S/C16H18N2O2/c1-20-14-9-7-12(8-10-14)15(17)11-16(19)18-13-5-3-2-4-6-13/h2-10,15H,11,17H2,1H3,(H,18,19). The van der Waals surface area contributed by atoms with Crippen LogP contribution in [-0.2, 0) is 4.79 Å². The van der Waals surface area contributed by atoms with Gasteiger partial charge in [0.2, 0.25) is 5.91 Å². The van der Waals surface area contributed by atoms with E-state index in [1.165, 1.54) is 0 Å². The Hall–Kier alpha value is -2.33. The van der Waals surface area contributed by atoms with Crippen LogP contribution in [0, 0.1) is 0 Å². The zero-order valence-corrected chi connectivity index (χ0v) is 11.4. The van der Waals surface area contributed by atoms with Gasteiger partial charge in [-0.1, -0.05) is 30.3 Å². The minimum atomic E-state index is -0.329. The molecule has 2 rings (SSSR count). The van der Waals surface area contributed by atoms with Gasteiger partial charge in [0.25, 0.3) is 0 Å². The molecular weight excluding hydrogens is 252 g/mol. The van der Waals surface area contributed by atoms with Crippen LogP contribution in [0.4, 0.5) is 5.69 Å². The van der Waals surface area contributed by atoms with Crippen LogP contribution in [0.3, 0.4) is 0 Å². The Bertz CT molecular complexity index is 552. The van der Waals surface area contributed by atoms with Crippen molar-refractivity contribution in [3.05, 3.63) is 60.2 Å². The van der Waals surface area contributed by atoms with E-state index in [4.69, 9.17) is 10.5 Å². The van der Waals surface area contributed by atoms with Gasteiger partial charge in [-0.05, 0) is 29.8 Å². The summed E-state index contributed by atoms with van der Waals surface area (Å²) in [4.78, 5) is 11.9. The molecule has 0 heterocycles. The van der Waals surface area contributed by atoms with Crippen LogP contribution in [0.2, 0.25) is 0 Å². The number of benzene rings is 2. The van der Waals surface area contributed by atoms with Gasteiger partial charge < -0.3 is 15.8 Å². The maximum Gasteiger partial charge on any atom is 0.226 e. The number of nitrogens with one attached hydrogen (secondary N) is 1. The number of hydrogen-bond acceptors (Lipinski definition) is 3. The molecule has 1 atom stereocenters. The van der Waals surface area contributed by atoms with Gasteiger partial charge >= 0.3 is 0 Å². The lowest BCUT2D eigenvalue weighted by Crippen LogP contribution is -2.20. The summed E-state index contributed by atoms with van der Waals surface area (Å²) in [6.45, 7) is 0. The Morgan fingerprint density at radius 3 is 2.40 bits per heavy atom. The Labute approximate surface area is 118 Å². The van der Waals surface area contributed by atoms with Crippen LogP contribution in [0.25, 0.3) is 0 Å². The topological polar surface area (TPSA) is 64.3 Å². The van der Waals surface area contributed by atoms with Gasteiger partial charge in [0.05, 0.1) is 7.11 Å². The number of amides is 1. The molecule has 0 saturated carbocycles. The van der Waals surface area contributed by atoms with Crippen LogP contribution >= 0.6 is 0 Å². The number of rotatable bonds is 5. The quantitative estimate of drug-likeness (QED) is 0.878. The molecule has 4 nitrogen and oxygen atoms in total. The summed E-state index contributed by atoms with van der Waals surface area (Å²) in [5.74, 6) is 0.675. The molecule has 0 saturated heterocycles. The number of carbonyl (C=O) groups is 1. The van der Waals surface area contributed by atoms with Gasteiger partial charge in [-0.3, -0.25) is 4.79 Å². The summed E-state index contributed by atoms with van der Waals surface area (Å²) in [6.07, 6.45) is 0.237. The minimum absolute atomic E-state index is 0.0977. The molecule has 0 aliphatic rings. The minimum Gasteiger partial charge on any atom is -0.497 e. The van der Waals surface area contributed by atoms with E-state index in [0.29, 0.717) is 0 Å². The van der Waals surface area contributed by atoms with Gasteiger partial charge in [0.15, 0.2) is 0 Å². The highest BCUT2D eigenvalue weighted by atomic mass is 16.5. The lowest BCUT2D eigenvalue weighted by Gasteiger charge is -2.12. The van der Waals surface area contributed by atoms with Crippen molar-refractivity contribution in [1.82, 2.24) is 0 Å². The molecule has 1 amide bonds. The Morgan fingerprint density at radius 2 is 1.80 bits per heavy atom. The number of anilines is 1. The zero-order valence-electron chi connectivity index (χ0n) is 11.4. The van der Waals surface area contributed by atoms with Crippen molar-refractivity contribution < 1.29 is 9.53 Å². The smallest absolute Gasteiger partial charge is 0.226 e. The number of carbonyl (C=O) groups excluding carboxylic acids is 1. The van der Waals surface area contributed by atoms with E-state index in [0.717, 1.165) is 17.0 Å². The highest BCUT2D eigenvalue weighted by Gasteiger charge is 2.11. The number of nitrogens with two attached hydrogens (primary N) is 1. The van der Waals surface area contributed by atoms with Crippen molar-refractivity contribution in [3.63, 3.8) is 0 Å². The molecule has 0 radical (unpaired) electrons. The van der Waals surface area contributed by atoms with Gasteiger partial charge in [-0.2, -0.15) is 0 Å². The molecule has 104 valence electrons. The SMILES string of the molecule is COc1ccc(C(N)CC(=O)Nc2ccccc2)cc1.